The number of aromatic nitrogens is 4. The summed E-state index contributed by atoms with van der Waals surface area (Å²) in [6.45, 7) is 0. The Morgan fingerprint density at radius 2 is 1.67 bits per heavy atom. The Kier molecular flexibility index (Phi) is 4.28. The number of rotatable bonds is 4. The van der Waals surface area contributed by atoms with Crippen LogP contribution in [0.25, 0.3) is 11.8 Å². The molecule has 1 aromatic heterocycles. The zero-order chi connectivity index (χ0) is 17.0. The summed E-state index contributed by atoms with van der Waals surface area (Å²) in [6, 6.07) is 14.1. The highest BCUT2D eigenvalue weighted by Crippen LogP contribution is 2.29. The van der Waals surface area contributed by atoms with Gasteiger partial charge in [-0.1, -0.05) is 18.2 Å². The second-order valence-corrected chi connectivity index (χ2v) is 4.84. The minimum Gasteiger partial charge on any atom is -0.362 e. The number of hydrogen-bond donors (Lipinski definition) is 1. The van der Waals surface area contributed by atoms with E-state index in [1.165, 1.54) is 12.1 Å². The van der Waals surface area contributed by atoms with Crippen LogP contribution in [-0.2, 0) is 6.18 Å². The van der Waals surface area contributed by atoms with Gasteiger partial charge in [0.05, 0.1) is 11.3 Å². The first kappa shape index (κ1) is 15.7. The molecule has 5 nitrogen and oxygen atoms in total. The lowest BCUT2D eigenvalue weighted by molar-refractivity contribution is -0.137. The molecule has 3 aromatic rings. The van der Waals surface area contributed by atoms with E-state index in [4.69, 9.17) is 0 Å². The van der Waals surface area contributed by atoms with E-state index in [-0.39, 0.29) is 0 Å². The lowest BCUT2D eigenvalue weighted by Crippen LogP contribution is -2.04. The third-order valence-corrected chi connectivity index (χ3v) is 3.19. The maximum absolute atomic E-state index is 12.5. The first-order valence-electron chi connectivity index (χ1n) is 6.98. The molecule has 0 spiro atoms. The van der Waals surface area contributed by atoms with E-state index in [9.17, 15) is 13.2 Å². The number of anilines is 1. The summed E-state index contributed by atoms with van der Waals surface area (Å²) in [5.41, 5.74) is 0.639. The molecule has 0 saturated carbocycles. The van der Waals surface area contributed by atoms with Crippen LogP contribution in [0, 0.1) is 0 Å². The minimum absolute atomic E-state index is 0.487. The predicted molar refractivity (Wildman–Crippen MR) is 83.3 cm³/mol. The van der Waals surface area contributed by atoms with Crippen molar-refractivity contribution in [3.63, 3.8) is 0 Å². The second-order valence-electron chi connectivity index (χ2n) is 4.84. The minimum atomic E-state index is -4.34. The van der Waals surface area contributed by atoms with Crippen molar-refractivity contribution in [3.05, 3.63) is 72.2 Å². The third-order valence-electron chi connectivity index (χ3n) is 3.19. The molecule has 0 atom stereocenters. The van der Waals surface area contributed by atoms with Crippen LogP contribution in [0.3, 0.4) is 0 Å². The molecular formula is C16H12F3N5. The second kappa shape index (κ2) is 6.53. The standard InChI is InChI=1S/C16H12F3N5/c17-16(18,19)12-6-8-13(9-7-12)20-11-10-15-21-22-23-24(15)14-4-2-1-3-5-14/h1-11,20H. The summed E-state index contributed by atoms with van der Waals surface area (Å²) in [5.74, 6) is 0.487. The molecular weight excluding hydrogens is 319 g/mol. The van der Waals surface area contributed by atoms with Crippen LogP contribution in [0.5, 0.6) is 0 Å². The lowest BCUT2D eigenvalue weighted by atomic mass is 10.2. The van der Waals surface area contributed by atoms with Crippen molar-refractivity contribution >= 4 is 11.8 Å². The number of halogens is 3. The van der Waals surface area contributed by atoms with E-state index in [0.29, 0.717) is 11.5 Å². The molecule has 0 aliphatic carbocycles. The third kappa shape index (κ3) is 3.60. The molecule has 24 heavy (non-hydrogen) atoms. The van der Waals surface area contributed by atoms with Crippen LogP contribution in [-0.4, -0.2) is 20.2 Å². The molecule has 0 unspecified atom stereocenters. The smallest absolute Gasteiger partial charge is 0.362 e. The molecule has 3 rings (SSSR count). The fourth-order valence-corrected chi connectivity index (χ4v) is 2.02. The fraction of sp³-hybridized carbons (Fsp3) is 0.0625. The van der Waals surface area contributed by atoms with Crippen molar-refractivity contribution in [2.45, 2.75) is 6.18 Å². The molecule has 8 heteroatoms. The van der Waals surface area contributed by atoms with Gasteiger partial charge in [-0.3, -0.25) is 0 Å². The summed E-state index contributed by atoms with van der Waals surface area (Å²) < 4.78 is 39.1. The monoisotopic (exact) mass is 331 g/mol. The zero-order valence-electron chi connectivity index (χ0n) is 12.3. The Morgan fingerprint density at radius 1 is 0.958 bits per heavy atom. The normalized spacial score (nSPS) is 11.8. The molecule has 2 aromatic carbocycles. The number of para-hydroxylation sites is 1. The van der Waals surface area contributed by atoms with E-state index < -0.39 is 11.7 Å². The first-order chi connectivity index (χ1) is 11.5. The highest BCUT2D eigenvalue weighted by Gasteiger charge is 2.29. The number of alkyl halides is 3. The van der Waals surface area contributed by atoms with Crippen LogP contribution < -0.4 is 5.32 Å². The topological polar surface area (TPSA) is 55.6 Å². The number of tetrazole rings is 1. The van der Waals surface area contributed by atoms with Crippen LogP contribution in [0.4, 0.5) is 18.9 Å². The van der Waals surface area contributed by atoms with Crippen LogP contribution in [0.15, 0.2) is 60.8 Å². The van der Waals surface area contributed by atoms with Gasteiger partial charge in [-0.25, -0.2) is 0 Å². The maximum atomic E-state index is 12.5. The van der Waals surface area contributed by atoms with Crippen molar-refractivity contribution in [3.8, 4) is 5.69 Å². The molecule has 0 radical (unpaired) electrons. The Balaban J connectivity index is 1.71. The van der Waals surface area contributed by atoms with Gasteiger partial charge in [-0.15, -0.1) is 5.10 Å². The number of nitrogens with zero attached hydrogens (tertiary/aromatic N) is 4. The van der Waals surface area contributed by atoms with Crippen LogP contribution in [0.1, 0.15) is 11.4 Å². The molecule has 0 aliphatic heterocycles. The van der Waals surface area contributed by atoms with E-state index in [1.807, 2.05) is 30.3 Å². The Morgan fingerprint density at radius 3 is 2.33 bits per heavy atom. The summed E-state index contributed by atoms with van der Waals surface area (Å²) in [6.07, 6.45) is -1.15. The number of nitrogens with one attached hydrogen (secondary N) is 1. The fourth-order valence-electron chi connectivity index (χ4n) is 2.02. The molecule has 0 amide bonds. The molecule has 0 saturated heterocycles. The SMILES string of the molecule is FC(F)(F)c1ccc(NC=Cc2nnnn2-c2ccccc2)cc1. The molecule has 1 heterocycles. The molecule has 0 bridgehead atoms. The average Bonchev–Trinajstić information content (AvgIpc) is 3.04. The van der Waals surface area contributed by atoms with Gasteiger partial charge in [-0.2, -0.15) is 17.9 Å². The zero-order valence-corrected chi connectivity index (χ0v) is 12.3. The largest absolute Gasteiger partial charge is 0.416 e. The quantitative estimate of drug-likeness (QED) is 0.791. The van der Waals surface area contributed by atoms with Crippen molar-refractivity contribution in [1.29, 1.82) is 0 Å². The van der Waals surface area contributed by atoms with Gasteiger partial charge in [-0.05, 0) is 46.8 Å². The van der Waals surface area contributed by atoms with E-state index >= 15 is 0 Å². The van der Waals surface area contributed by atoms with Crippen molar-refractivity contribution in [2.75, 3.05) is 5.32 Å². The van der Waals surface area contributed by atoms with Gasteiger partial charge in [0.15, 0.2) is 5.82 Å². The number of benzene rings is 2. The highest BCUT2D eigenvalue weighted by molar-refractivity contribution is 5.53. The van der Waals surface area contributed by atoms with E-state index in [0.717, 1.165) is 17.8 Å². The van der Waals surface area contributed by atoms with Crippen LogP contribution >= 0.6 is 0 Å². The van der Waals surface area contributed by atoms with Gasteiger partial charge in [0.2, 0.25) is 0 Å². The molecule has 122 valence electrons. The summed E-state index contributed by atoms with van der Waals surface area (Å²) in [4.78, 5) is 0. The van der Waals surface area contributed by atoms with E-state index in [2.05, 4.69) is 20.8 Å². The van der Waals surface area contributed by atoms with Gasteiger partial charge < -0.3 is 5.32 Å². The summed E-state index contributed by atoms with van der Waals surface area (Å²) >= 11 is 0. The molecule has 0 aliphatic rings. The summed E-state index contributed by atoms with van der Waals surface area (Å²) in [7, 11) is 0. The summed E-state index contributed by atoms with van der Waals surface area (Å²) in [5, 5.41) is 14.3. The predicted octanol–water partition coefficient (Wildman–Crippen LogP) is 3.76. The Bertz CT molecular complexity index is 823. The van der Waals surface area contributed by atoms with Crippen molar-refractivity contribution in [2.24, 2.45) is 0 Å². The van der Waals surface area contributed by atoms with Crippen LogP contribution in [0.2, 0.25) is 0 Å². The Hall–Kier alpha value is -3.16. The lowest BCUT2D eigenvalue weighted by Gasteiger charge is -2.07. The van der Waals surface area contributed by atoms with Crippen molar-refractivity contribution < 1.29 is 13.2 Å². The van der Waals surface area contributed by atoms with Gasteiger partial charge in [0.25, 0.3) is 0 Å². The first-order valence-corrected chi connectivity index (χ1v) is 6.98. The average molecular weight is 331 g/mol. The highest BCUT2D eigenvalue weighted by atomic mass is 19.4. The molecule has 1 N–H and O–H groups in total. The van der Waals surface area contributed by atoms with E-state index in [1.54, 1.807) is 17.0 Å². The Labute approximate surface area is 135 Å². The van der Waals surface area contributed by atoms with Gasteiger partial charge in [0.1, 0.15) is 0 Å². The maximum Gasteiger partial charge on any atom is 0.416 e. The van der Waals surface area contributed by atoms with Crippen molar-refractivity contribution in [1.82, 2.24) is 20.2 Å². The molecule has 0 fully saturated rings. The number of hydrogen-bond acceptors (Lipinski definition) is 4. The van der Waals surface area contributed by atoms with Gasteiger partial charge in [0, 0.05) is 18.0 Å². The van der Waals surface area contributed by atoms with Gasteiger partial charge >= 0.3 is 6.18 Å².